The number of nitrogens with one attached hydrogen (secondary N) is 2. The normalized spacial score (nSPS) is 17.7. The van der Waals surface area contributed by atoms with Gasteiger partial charge in [-0.2, -0.15) is 0 Å². The summed E-state index contributed by atoms with van der Waals surface area (Å²) in [6, 6.07) is 3.89. The fourth-order valence-corrected chi connectivity index (χ4v) is 3.16. The van der Waals surface area contributed by atoms with Gasteiger partial charge in [0.2, 0.25) is 11.8 Å². The quantitative estimate of drug-likeness (QED) is 0.469. The molecule has 2 amide bonds. The van der Waals surface area contributed by atoms with Crippen molar-refractivity contribution < 1.29 is 23.5 Å². The molecule has 0 aromatic heterocycles. The van der Waals surface area contributed by atoms with E-state index >= 15 is 0 Å². The number of esters is 1. The minimum Gasteiger partial charge on any atom is -0.463 e. The van der Waals surface area contributed by atoms with Gasteiger partial charge in [0.15, 0.2) is 0 Å². The smallest absolute Gasteiger partial charge is 0.330 e. The van der Waals surface area contributed by atoms with Gasteiger partial charge < -0.3 is 15.4 Å². The summed E-state index contributed by atoms with van der Waals surface area (Å²) in [6.45, 7) is 2.55. The molecule has 1 aromatic carbocycles. The maximum absolute atomic E-state index is 13.3. The number of hydrogen-bond donors (Lipinski definition) is 2. The van der Waals surface area contributed by atoms with E-state index in [4.69, 9.17) is 4.74 Å². The molecule has 2 atom stereocenters. The summed E-state index contributed by atoms with van der Waals surface area (Å²) >= 11 is 3.09. The number of benzene rings is 1. The molecule has 2 unspecified atom stereocenters. The molecule has 0 bridgehead atoms. The third-order valence-electron chi connectivity index (χ3n) is 4.15. The van der Waals surface area contributed by atoms with Crippen molar-refractivity contribution in [2.45, 2.75) is 25.8 Å². The first-order valence-corrected chi connectivity index (χ1v) is 9.74. The second kappa shape index (κ2) is 10.8. The van der Waals surface area contributed by atoms with E-state index in [1.54, 1.807) is 25.1 Å². The monoisotopic (exact) mass is 452 g/mol. The summed E-state index contributed by atoms with van der Waals surface area (Å²) in [5.74, 6) is -1.58. The van der Waals surface area contributed by atoms with Gasteiger partial charge >= 0.3 is 5.97 Å². The van der Waals surface area contributed by atoms with Crippen LogP contribution in [0.2, 0.25) is 0 Å². The lowest BCUT2D eigenvalue weighted by Crippen LogP contribution is -2.35. The van der Waals surface area contributed by atoms with Gasteiger partial charge in [-0.15, -0.1) is 0 Å². The first-order valence-electron chi connectivity index (χ1n) is 8.95. The van der Waals surface area contributed by atoms with Crippen molar-refractivity contribution in [1.82, 2.24) is 10.6 Å². The molecule has 8 heteroatoms. The van der Waals surface area contributed by atoms with Gasteiger partial charge in [-0.3, -0.25) is 9.59 Å². The van der Waals surface area contributed by atoms with E-state index in [1.807, 2.05) is 0 Å². The maximum atomic E-state index is 13.3. The van der Waals surface area contributed by atoms with E-state index in [0.29, 0.717) is 29.4 Å². The second-order valence-electron chi connectivity index (χ2n) is 6.25. The van der Waals surface area contributed by atoms with Gasteiger partial charge in [-0.1, -0.05) is 12.1 Å². The van der Waals surface area contributed by atoms with Crippen LogP contribution in [0.25, 0.3) is 6.08 Å². The molecular weight excluding hydrogens is 431 g/mol. The third-order valence-corrected chi connectivity index (χ3v) is 4.76. The Morgan fingerprint density at radius 3 is 2.86 bits per heavy atom. The van der Waals surface area contributed by atoms with Crippen LogP contribution in [0.1, 0.15) is 25.3 Å². The minimum absolute atomic E-state index is 0.0597. The Kier molecular flexibility index (Phi) is 8.38. The molecule has 0 radical (unpaired) electrons. The van der Waals surface area contributed by atoms with Gasteiger partial charge in [0.1, 0.15) is 5.82 Å². The Morgan fingerprint density at radius 1 is 1.43 bits per heavy atom. The number of rotatable bonds is 8. The third kappa shape index (κ3) is 6.92. The molecular formula is C20H22BrFN2O4. The Labute approximate surface area is 171 Å². The van der Waals surface area contributed by atoms with E-state index in [-0.39, 0.29) is 24.2 Å². The zero-order valence-electron chi connectivity index (χ0n) is 15.4. The van der Waals surface area contributed by atoms with Gasteiger partial charge in [-0.25, -0.2) is 9.18 Å². The lowest BCUT2D eigenvalue weighted by molar-refractivity contribution is -0.137. The highest BCUT2D eigenvalue weighted by molar-refractivity contribution is 9.10. The number of carbonyl (C=O) groups excluding carboxylic acids is 3. The average molecular weight is 453 g/mol. The summed E-state index contributed by atoms with van der Waals surface area (Å²) in [5.41, 5.74) is 0.650. The zero-order chi connectivity index (χ0) is 20.5. The highest BCUT2D eigenvalue weighted by Gasteiger charge is 2.26. The number of carbonyl (C=O) groups is 3. The number of halogens is 2. The molecule has 2 rings (SSSR count). The van der Waals surface area contributed by atoms with Crippen molar-refractivity contribution in [3.05, 3.63) is 52.3 Å². The summed E-state index contributed by atoms with van der Waals surface area (Å²) in [4.78, 5) is 35.6. The predicted octanol–water partition coefficient (Wildman–Crippen LogP) is 2.73. The lowest BCUT2D eigenvalue weighted by atomic mass is 9.98. The van der Waals surface area contributed by atoms with Crippen LogP contribution in [0.15, 0.2) is 40.9 Å². The molecule has 0 aliphatic carbocycles. The van der Waals surface area contributed by atoms with E-state index < -0.39 is 17.9 Å². The molecule has 2 N–H and O–H groups in total. The molecule has 1 aromatic rings. The van der Waals surface area contributed by atoms with Crippen molar-refractivity contribution in [1.29, 1.82) is 0 Å². The first kappa shape index (κ1) is 21.8. The average Bonchev–Trinajstić information content (AvgIpc) is 3.05. The van der Waals surface area contributed by atoms with Crippen LogP contribution in [-0.4, -0.2) is 37.0 Å². The molecule has 1 saturated heterocycles. The van der Waals surface area contributed by atoms with Crippen LogP contribution in [0, 0.1) is 11.7 Å². The van der Waals surface area contributed by atoms with E-state index in [1.165, 1.54) is 24.3 Å². The predicted molar refractivity (Wildman–Crippen MR) is 107 cm³/mol. The fourth-order valence-electron chi connectivity index (χ4n) is 2.77. The molecule has 1 heterocycles. The molecule has 0 spiro atoms. The van der Waals surface area contributed by atoms with Gasteiger partial charge in [-0.05, 0) is 59.5 Å². The van der Waals surface area contributed by atoms with Crippen molar-refractivity contribution in [2.24, 2.45) is 5.92 Å². The van der Waals surface area contributed by atoms with Crippen molar-refractivity contribution >= 4 is 39.8 Å². The molecule has 28 heavy (non-hydrogen) atoms. The van der Waals surface area contributed by atoms with Gasteiger partial charge in [0, 0.05) is 30.7 Å². The van der Waals surface area contributed by atoms with Gasteiger partial charge in [0.25, 0.3) is 0 Å². The van der Waals surface area contributed by atoms with Crippen LogP contribution in [0.4, 0.5) is 4.39 Å². The number of ether oxygens (including phenoxy) is 1. The Morgan fingerprint density at radius 2 is 2.21 bits per heavy atom. The maximum Gasteiger partial charge on any atom is 0.330 e. The van der Waals surface area contributed by atoms with Crippen molar-refractivity contribution in [3.63, 3.8) is 0 Å². The van der Waals surface area contributed by atoms with Crippen LogP contribution in [0.5, 0.6) is 0 Å². The van der Waals surface area contributed by atoms with Crippen LogP contribution in [-0.2, 0) is 19.1 Å². The summed E-state index contributed by atoms with van der Waals surface area (Å²) in [6.07, 6.45) is 6.71. The summed E-state index contributed by atoms with van der Waals surface area (Å²) in [5, 5.41) is 5.53. The van der Waals surface area contributed by atoms with Crippen LogP contribution >= 0.6 is 15.9 Å². The molecule has 1 fully saturated rings. The standard InChI is InChI=1S/C20H22BrFN2O4/c1-2-28-19(26)8-5-15(12-14-9-10-23-20(14)27)24-18(25)7-4-13-3-6-17(22)16(21)11-13/h3-8,11,14-15H,2,9-10,12H2,1H3,(H,23,27)(H,24,25)/b7-4+,8-5+. The van der Waals surface area contributed by atoms with Crippen LogP contribution < -0.4 is 10.6 Å². The molecule has 6 nitrogen and oxygen atoms in total. The molecule has 1 aliphatic heterocycles. The van der Waals surface area contributed by atoms with Crippen molar-refractivity contribution in [2.75, 3.05) is 13.2 Å². The van der Waals surface area contributed by atoms with Gasteiger partial charge in [0.05, 0.1) is 11.1 Å². The Bertz CT molecular complexity index is 794. The van der Waals surface area contributed by atoms with Crippen molar-refractivity contribution in [3.8, 4) is 0 Å². The molecule has 0 saturated carbocycles. The van der Waals surface area contributed by atoms with Crippen LogP contribution in [0.3, 0.4) is 0 Å². The Hall–Kier alpha value is -2.48. The first-order chi connectivity index (χ1) is 13.4. The fraction of sp³-hybridized carbons (Fsp3) is 0.350. The zero-order valence-corrected chi connectivity index (χ0v) is 17.0. The minimum atomic E-state index is -0.510. The Balaban J connectivity index is 2.03. The second-order valence-corrected chi connectivity index (χ2v) is 7.10. The molecule has 150 valence electrons. The summed E-state index contributed by atoms with van der Waals surface area (Å²) < 4.78 is 18.4. The lowest BCUT2D eigenvalue weighted by Gasteiger charge is -2.17. The highest BCUT2D eigenvalue weighted by Crippen LogP contribution is 2.18. The summed E-state index contributed by atoms with van der Waals surface area (Å²) in [7, 11) is 0. The van der Waals surface area contributed by atoms with E-state index in [2.05, 4.69) is 26.6 Å². The SMILES string of the molecule is CCOC(=O)/C=C/C(CC1CCNC1=O)NC(=O)/C=C/c1ccc(F)c(Br)c1. The number of amides is 2. The number of hydrogen-bond acceptors (Lipinski definition) is 4. The van der Waals surface area contributed by atoms with E-state index in [9.17, 15) is 18.8 Å². The van der Waals surface area contributed by atoms with E-state index in [0.717, 1.165) is 0 Å². The largest absolute Gasteiger partial charge is 0.463 e. The highest BCUT2D eigenvalue weighted by atomic mass is 79.9. The topological polar surface area (TPSA) is 84.5 Å². The molecule has 1 aliphatic rings.